The Morgan fingerprint density at radius 3 is 2.12 bits per heavy atom. The summed E-state index contributed by atoms with van der Waals surface area (Å²) >= 11 is 6.93. The Morgan fingerprint density at radius 2 is 1.52 bits per heavy atom. The van der Waals surface area contributed by atoms with E-state index in [1.165, 1.54) is 0 Å². The van der Waals surface area contributed by atoms with E-state index in [0.717, 1.165) is 77.9 Å². The number of halogens is 2. The monoisotopic (exact) mass is 468 g/mol. The molecule has 25 heavy (non-hydrogen) atoms. The van der Waals surface area contributed by atoms with Gasteiger partial charge in [-0.2, -0.15) is 0 Å². The lowest BCUT2D eigenvalue weighted by atomic mass is 10.2. The van der Waals surface area contributed by atoms with Crippen LogP contribution in [0.2, 0.25) is 0 Å². The molecule has 0 aliphatic carbocycles. The number of nitrogens with zero attached hydrogens (tertiary/aromatic N) is 4. The van der Waals surface area contributed by atoms with Gasteiger partial charge in [-0.3, -0.25) is 4.90 Å². The van der Waals surface area contributed by atoms with E-state index < -0.39 is 0 Å². The van der Waals surface area contributed by atoms with E-state index in [9.17, 15) is 0 Å². The lowest BCUT2D eigenvalue weighted by molar-refractivity contribution is 0.0377. The van der Waals surface area contributed by atoms with Gasteiger partial charge in [0.15, 0.2) is 23.1 Å². The third-order valence-corrected chi connectivity index (χ3v) is 5.16. The molecule has 4 heterocycles. The molecular weight excluding hydrogens is 452 g/mol. The summed E-state index contributed by atoms with van der Waals surface area (Å²) in [6.45, 7) is 5.55. The molecule has 2 aromatic heterocycles. The SMILES string of the molecule is Brc1cnc2c(c1)Oc1cc(Br)cnc1N2CCCN1CCOCC1. The largest absolute Gasteiger partial charge is 0.449 e. The van der Waals surface area contributed by atoms with Crippen LogP contribution in [0.25, 0.3) is 0 Å². The van der Waals surface area contributed by atoms with E-state index in [0.29, 0.717) is 0 Å². The predicted octanol–water partition coefficient (Wildman–Crippen LogP) is 3.97. The van der Waals surface area contributed by atoms with Crippen molar-refractivity contribution in [2.24, 2.45) is 0 Å². The fraction of sp³-hybridized carbons (Fsp3) is 0.412. The van der Waals surface area contributed by atoms with E-state index in [1.807, 2.05) is 12.1 Å². The molecule has 0 spiro atoms. The van der Waals surface area contributed by atoms with Crippen molar-refractivity contribution < 1.29 is 9.47 Å². The summed E-state index contributed by atoms with van der Waals surface area (Å²) in [6.07, 6.45) is 4.61. The van der Waals surface area contributed by atoms with Crippen molar-refractivity contribution in [2.45, 2.75) is 6.42 Å². The molecule has 0 unspecified atom stereocenters. The highest BCUT2D eigenvalue weighted by Gasteiger charge is 2.27. The number of rotatable bonds is 4. The maximum Gasteiger partial charge on any atom is 0.177 e. The minimum atomic E-state index is 0.744. The highest BCUT2D eigenvalue weighted by atomic mass is 79.9. The molecule has 0 N–H and O–H groups in total. The molecule has 8 heteroatoms. The molecule has 1 saturated heterocycles. The van der Waals surface area contributed by atoms with Crippen molar-refractivity contribution in [1.82, 2.24) is 14.9 Å². The van der Waals surface area contributed by atoms with Crippen molar-refractivity contribution in [1.29, 1.82) is 0 Å². The Bertz CT molecular complexity index is 717. The summed E-state index contributed by atoms with van der Waals surface area (Å²) in [7, 11) is 0. The van der Waals surface area contributed by atoms with Crippen LogP contribution in [0, 0.1) is 0 Å². The van der Waals surface area contributed by atoms with Crippen LogP contribution in [0.5, 0.6) is 11.5 Å². The first-order valence-corrected chi connectivity index (χ1v) is 9.86. The zero-order chi connectivity index (χ0) is 17.2. The highest BCUT2D eigenvalue weighted by molar-refractivity contribution is 9.10. The molecule has 2 aromatic rings. The van der Waals surface area contributed by atoms with Gasteiger partial charge in [0.1, 0.15) is 0 Å². The van der Waals surface area contributed by atoms with Crippen LogP contribution in [0.4, 0.5) is 11.6 Å². The van der Waals surface area contributed by atoms with Crippen LogP contribution in [-0.4, -0.2) is 54.3 Å². The normalized spacial score (nSPS) is 17.0. The van der Waals surface area contributed by atoms with E-state index in [1.54, 1.807) is 12.4 Å². The molecule has 132 valence electrons. The Labute approximate surface area is 163 Å². The molecule has 0 bridgehead atoms. The maximum atomic E-state index is 6.01. The standard InChI is InChI=1S/C17H18Br2N4O2/c18-12-8-14-16(20-10-12)23(3-1-2-22-4-6-24-7-5-22)17-15(25-14)9-13(19)11-21-17/h8-11H,1-7H2. The van der Waals surface area contributed by atoms with Gasteiger partial charge in [0.25, 0.3) is 0 Å². The molecule has 0 aromatic carbocycles. The topological polar surface area (TPSA) is 50.7 Å². The van der Waals surface area contributed by atoms with E-state index >= 15 is 0 Å². The second kappa shape index (κ2) is 7.57. The fourth-order valence-electron chi connectivity index (χ4n) is 3.09. The van der Waals surface area contributed by atoms with Crippen molar-refractivity contribution in [3.63, 3.8) is 0 Å². The predicted molar refractivity (Wildman–Crippen MR) is 103 cm³/mol. The molecule has 2 aliphatic heterocycles. The Hall–Kier alpha value is -1.22. The van der Waals surface area contributed by atoms with Crippen LogP contribution >= 0.6 is 31.9 Å². The number of morpholine rings is 1. The van der Waals surface area contributed by atoms with Gasteiger partial charge in [-0.05, 0) is 38.3 Å². The van der Waals surface area contributed by atoms with E-state index in [4.69, 9.17) is 9.47 Å². The average Bonchev–Trinajstić information content (AvgIpc) is 2.61. The van der Waals surface area contributed by atoms with Crippen LogP contribution in [0.1, 0.15) is 6.42 Å². The average molecular weight is 470 g/mol. The van der Waals surface area contributed by atoms with Gasteiger partial charge in [0.05, 0.1) is 13.2 Å². The summed E-state index contributed by atoms with van der Waals surface area (Å²) in [4.78, 5) is 13.7. The van der Waals surface area contributed by atoms with Gasteiger partial charge >= 0.3 is 0 Å². The minimum absolute atomic E-state index is 0.744. The number of fused-ring (bicyclic) bond motifs is 2. The van der Waals surface area contributed by atoms with E-state index in [-0.39, 0.29) is 0 Å². The van der Waals surface area contributed by atoms with Crippen LogP contribution in [0.15, 0.2) is 33.5 Å². The van der Waals surface area contributed by atoms with Crippen LogP contribution in [0.3, 0.4) is 0 Å². The van der Waals surface area contributed by atoms with Crippen molar-refractivity contribution in [3.05, 3.63) is 33.5 Å². The second-order valence-electron chi connectivity index (χ2n) is 6.01. The second-order valence-corrected chi connectivity index (χ2v) is 7.84. The summed E-state index contributed by atoms with van der Waals surface area (Å²) in [5.74, 6) is 3.11. The third kappa shape index (κ3) is 3.81. The number of ether oxygens (including phenoxy) is 2. The Kier molecular flexibility index (Phi) is 5.21. The summed E-state index contributed by atoms with van der Waals surface area (Å²) in [5, 5.41) is 0. The molecule has 4 rings (SSSR count). The highest BCUT2D eigenvalue weighted by Crippen LogP contribution is 2.45. The molecule has 0 amide bonds. The first-order valence-electron chi connectivity index (χ1n) is 8.27. The lowest BCUT2D eigenvalue weighted by Gasteiger charge is -2.32. The molecule has 0 atom stereocenters. The van der Waals surface area contributed by atoms with Gasteiger partial charge in [0, 0.05) is 59.7 Å². The molecule has 2 aliphatic rings. The first kappa shape index (κ1) is 17.2. The third-order valence-electron chi connectivity index (χ3n) is 4.29. The molecule has 6 nitrogen and oxygen atoms in total. The van der Waals surface area contributed by atoms with Gasteiger partial charge < -0.3 is 14.4 Å². The molecule has 0 saturated carbocycles. The Balaban J connectivity index is 1.55. The van der Waals surface area contributed by atoms with Crippen molar-refractivity contribution >= 4 is 43.5 Å². The summed E-state index contributed by atoms with van der Waals surface area (Å²) in [5.41, 5.74) is 0. The zero-order valence-electron chi connectivity index (χ0n) is 13.6. The van der Waals surface area contributed by atoms with Gasteiger partial charge in [0.2, 0.25) is 0 Å². The van der Waals surface area contributed by atoms with Gasteiger partial charge in [-0.25, -0.2) is 9.97 Å². The van der Waals surface area contributed by atoms with Gasteiger partial charge in [-0.15, -0.1) is 0 Å². The summed E-state index contributed by atoms with van der Waals surface area (Å²) in [6, 6.07) is 3.89. The quantitative estimate of drug-likeness (QED) is 0.675. The zero-order valence-corrected chi connectivity index (χ0v) is 16.8. The maximum absolute atomic E-state index is 6.01. The number of anilines is 2. The molecular formula is C17H18Br2N4O2. The van der Waals surface area contributed by atoms with Gasteiger partial charge in [-0.1, -0.05) is 0 Å². The number of hydrogen-bond acceptors (Lipinski definition) is 6. The number of hydrogen-bond donors (Lipinski definition) is 0. The van der Waals surface area contributed by atoms with Crippen molar-refractivity contribution in [2.75, 3.05) is 44.3 Å². The summed E-state index contributed by atoms with van der Waals surface area (Å²) < 4.78 is 13.2. The van der Waals surface area contributed by atoms with Crippen molar-refractivity contribution in [3.8, 4) is 11.5 Å². The first-order chi connectivity index (χ1) is 12.2. The number of aromatic nitrogens is 2. The lowest BCUT2D eigenvalue weighted by Crippen LogP contribution is -2.38. The van der Waals surface area contributed by atoms with Crippen LogP contribution < -0.4 is 9.64 Å². The van der Waals surface area contributed by atoms with E-state index in [2.05, 4.69) is 51.6 Å². The molecule has 0 radical (unpaired) electrons. The smallest absolute Gasteiger partial charge is 0.177 e. The molecule has 1 fully saturated rings. The number of pyridine rings is 2. The minimum Gasteiger partial charge on any atom is -0.449 e. The fourth-order valence-corrected chi connectivity index (χ4v) is 3.71. The van der Waals surface area contributed by atoms with Crippen LogP contribution in [-0.2, 0) is 4.74 Å². The Morgan fingerprint density at radius 1 is 0.920 bits per heavy atom.